The van der Waals surface area contributed by atoms with Crippen molar-refractivity contribution in [2.24, 2.45) is 0 Å². The van der Waals surface area contributed by atoms with Crippen LogP contribution in [0.25, 0.3) is 10.9 Å². The highest BCUT2D eigenvalue weighted by molar-refractivity contribution is 6.34. The summed E-state index contributed by atoms with van der Waals surface area (Å²) in [4.78, 5) is 7.98. The van der Waals surface area contributed by atoms with Crippen LogP contribution < -0.4 is 9.47 Å². The van der Waals surface area contributed by atoms with Gasteiger partial charge in [0.2, 0.25) is 6.79 Å². The number of fused-ring (bicyclic) bond motifs is 2. The van der Waals surface area contributed by atoms with E-state index in [1.807, 2.05) is 0 Å². The first kappa shape index (κ1) is 10.3. The lowest BCUT2D eigenvalue weighted by atomic mass is 10.2. The van der Waals surface area contributed by atoms with Gasteiger partial charge in [-0.05, 0) is 6.07 Å². The molecule has 0 atom stereocenters. The van der Waals surface area contributed by atoms with E-state index in [4.69, 9.17) is 21.1 Å². The monoisotopic (exact) mass is 244 g/mol. The molecule has 4 nitrogen and oxygen atoms in total. The van der Waals surface area contributed by atoms with Gasteiger partial charge in [-0.25, -0.2) is 9.97 Å². The predicted octanol–water partition coefficient (Wildman–Crippen LogP) is 2.43. The second-order valence-corrected chi connectivity index (χ2v) is 3.25. The molecule has 78 valence electrons. The zero-order chi connectivity index (χ0) is 9.54. The van der Waals surface area contributed by atoms with E-state index in [1.54, 1.807) is 12.1 Å². The lowest BCUT2D eigenvalue weighted by molar-refractivity contribution is 0.174. The van der Waals surface area contributed by atoms with Crippen molar-refractivity contribution in [2.75, 3.05) is 6.79 Å². The largest absolute Gasteiger partial charge is 0.454 e. The van der Waals surface area contributed by atoms with Gasteiger partial charge in [-0.3, -0.25) is 0 Å². The molecule has 1 aliphatic heterocycles. The Morgan fingerprint density at radius 3 is 2.67 bits per heavy atom. The van der Waals surface area contributed by atoms with Crippen LogP contribution in [0.1, 0.15) is 0 Å². The van der Waals surface area contributed by atoms with E-state index >= 15 is 0 Å². The third-order valence-electron chi connectivity index (χ3n) is 2.08. The zero-order valence-electron chi connectivity index (χ0n) is 7.44. The highest BCUT2D eigenvalue weighted by atomic mass is 35.5. The molecule has 2 aromatic rings. The Balaban J connectivity index is 0.000000853. The Labute approximate surface area is 96.6 Å². The Morgan fingerprint density at radius 1 is 1.13 bits per heavy atom. The SMILES string of the molecule is Cl.Clc1ncnc2cc3c(cc12)OCO3. The second-order valence-electron chi connectivity index (χ2n) is 2.89. The van der Waals surface area contributed by atoms with Gasteiger partial charge in [0.25, 0.3) is 0 Å². The lowest BCUT2D eigenvalue weighted by Crippen LogP contribution is -1.92. The van der Waals surface area contributed by atoms with Crippen LogP contribution in [0.5, 0.6) is 11.5 Å². The zero-order valence-corrected chi connectivity index (χ0v) is 9.01. The van der Waals surface area contributed by atoms with E-state index in [0.29, 0.717) is 16.7 Å². The average Bonchev–Trinajstić information content (AvgIpc) is 2.62. The van der Waals surface area contributed by atoms with Crippen LogP contribution in [-0.2, 0) is 0 Å². The maximum atomic E-state index is 5.91. The first-order valence-electron chi connectivity index (χ1n) is 4.04. The third-order valence-corrected chi connectivity index (χ3v) is 2.38. The minimum Gasteiger partial charge on any atom is -0.454 e. The van der Waals surface area contributed by atoms with Crippen molar-refractivity contribution >= 4 is 34.9 Å². The molecule has 6 heteroatoms. The summed E-state index contributed by atoms with van der Waals surface area (Å²) in [5.74, 6) is 1.39. The summed E-state index contributed by atoms with van der Waals surface area (Å²) >= 11 is 5.91. The fourth-order valence-electron chi connectivity index (χ4n) is 1.41. The van der Waals surface area contributed by atoms with Crippen LogP contribution in [0, 0.1) is 0 Å². The summed E-state index contributed by atoms with van der Waals surface area (Å²) in [6.45, 7) is 0.247. The van der Waals surface area contributed by atoms with Crippen molar-refractivity contribution in [3.8, 4) is 11.5 Å². The van der Waals surface area contributed by atoms with Crippen LogP contribution in [-0.4, -0.2) is 16.8 Å². The molecule has 0 fully saturated rings. The molecule has 2 heterocycles. The molecule has 0 bridgehead atoms. The molecule has 1 aromatic carbocycles. The Morgan fingerprint density at radius 2 is 1.87 bits per heavy atom. The molecule has 15 heavy (non-hydrogen) atoms. The summed E-state index contributed by atoms with van der Waals surface area (Å²) in [7, 11) is 0. The number of aromatic nitrogens is 2. The summed E-state index contributed by atoms with van der Waals surface area (Å²) in [5.41, 5.74) is 0.759. The minimum atomic E-state index is 0. The molecule has 0 saturated heterocycles. The van der Waals surface area contributed by atoms with E-state index in [9.17, 15) is 0 Å². The number of ether oxygens (including phenoxy) is 2. The molecular weight excluding hydrogens is 239 g/mol. The van der Waals surface area contributed by atoms with Gasteiger partial charge in [0.05, 0.1) is 5.52 Å². The van der Waals surface area contributed by atoms with Crippen LogP contribution in [0.4, 0.5) is 0 Å². The highest BCUT2D eigenvalue weighted by Gasteiger charge is 2.15. The minimum absolute atomic E-state index is 0. The summed E-state index contributed by atoms with van der Waals surface area (Å²) in [5, 5.41) is 1.20. The van der Waals surface area contributed by atoms with Crippen LogP contribution in [0.3, 0.4) is 0 Å². The van der Waals surface area contributed by atoms with Gasteiger partial charge in [-0.2, -0.15) is 0 Å². The van der Waals surface area contributed by atoms with E-state index < -0.39 is 0 Å². The Bertz CT molecular complexity index is 519. The second kappa shape index (κ2) is 3.72. The number of benzene rings is 1. The van der Waals surface area contributed by atoms with Crippen molar-refractivity contribution in [1.82, 2.24) is 9.97 Å². The number of hydrogen-bond donors (Lipinski definition) is 0. The summed E-state index contributed by atoms with van der Waals surface area (Å²) < 4.78 is 10.4. The predicted molar refractivity (Wildman–Crippen MR) is 57.9 cm³/mol. The molecule has 0 aliphatic carbocycles. The number of nitrogens with zero attached hydrogens (tertiary/aromatic N) is 2. The molecule has 0 amide bonds. The molecule has 0 unspecified atom stereocenters. The Kier molecular flexibility index (Phi) is 2.54. The molecule has 1 aromatic heterocycles. The number of hydrogen-bond acceptors (Lipinski definition) is 4. The van der Waals surface area contributed by atoms with Gasteiger partial charge in [-0.15, -0.1) is 12.4 Å². The molecule has 1 aliphatic rings. The van der Waals surface area contributed by atoms with Gasteiger partial charge in [0, 0.05) is 11.5 Å². The van der Waals surface area contributed by atoms with Crippen molar-refractivity contribution in [3.05, 3.63) is 23.6 Å². The smallest absolute Gasteiger partial charge is 0.231 e. The van der Waals surface area contributed by atoms with E-state index in [0.717, 1.165) is 10.9 Å². The average molecular weight is 245 g/mol. The third kappa shape index (κ3) is 1.56. The molecular formula is C9H6Cl2N2O2. The van der Waals surface area contributed by atoms with Crippen LogP contribution in [0.15, 0.2) is 18.5 Å². The number of halogens is 2. The maximum absolute atomic E-state index is 5.91. The standard InChI is InChI=1S/C9H5ClN2O2.ClH/c10-9-5-1-7-8(14-4-13-7)2-6(5)11-3-12-9;/h1-3H,4H2;1H. The van der Waals surface area contributed by atoms with Crippen LogP contribution >= 0.6 is 24.0 Å². The lowest BCUT2D eigenvalue weighted by Gasteiger charge is -2.00. The van der Waals surface area contributed by atoms with E-state index in [2.05, 4.69) is 9.97 Å². The summed E-state index contributed by atoms with van der Waals surface area (Å²) in [6, 6.07) is 3.59. The van der Waals surface area contributed by atoms with Crippen molar-refractivity contribution in [1.29, 1.82) is 0 Å². The molecule has 0 N–H and O–H groups in total. The van der Waals surface area contributed by atoms with Crippen LogP contribution in [0.2, 0.25) is 5.15 Å². The first-order valence-corrected chi connectivity index (χ1v) is 4.42. The highest BCUT2D eigenvalue weighted by Crippen LogP contribution is 2.36. The van der Waals surface area contributed by atoms with E-state index in [1.165, 1.54) is 6.33 Å². The topological polar surface area (TPSA) is 44.2 Å². The molecule has 0 radical (unpaired) electrons. The van der Waals surface area contributed by atoms with Crippen molar-refractivity contribution in [3.63, 3.8) is 0 Å². The van der Waals surface area contributed by atoms with Crippen molar-refractivity contribution < 1.29 is 9.47 Å². The molecule has 3 rings (SSSR count). The maximum Gasteiger partial charge on any atom is 0.231 e. The quantitative estimate of drug-likeness (QED) is 0.668. The van der Waals surface area contributed by atoms with Gasteiger partial charge in [0.15, 0.2) is 11.5 Å². The van der Waals surface area contributed by atoms with Gasteiger partial charge in [0.1, 0.15) is 11.5 Å². The van der Waals surface area contributed by atoms with Gasteiger partial charge < -0.3 is 9.47 Å². The summed E-state index contributed by atoms with van der Waals surface area (Å²) in [6.07, 6.45) is 1.42. The Hall–Kier alpha value is -1.26. The molecule has 0 saturated carbocycles. The van der Waals surface area contributed by atoms with Gasteiger partial charge in [-0.1, -0.05) is 11.6 Å². The van der Waals surface area contributed by atoms with Crippen molar-refractivity contribution in [2.45, 2.75) is 0 Å². The fourth-order valence-corrected chi connectivity index (χ4v) is 1.61. The van der Waals surface area contributed by atoms with E-state index in [-0.39, 0.29) is 19.2 Å². The first-order chi connectivity index (χ1) is 6.84. The normalized spacial score (nSPS) is 12.6. The van der Waals surface area contributed by atoms with Gasteiger partial charge >= 0.3 is 0 Å². The molecule has 0 spiro atoms. The fraction of sp³-hybridized carbons (Fsp3) is 0.111. The number of rotatable bonds is 0.